The van der Waals surface area contributed by atoms with Crippen molar-refractivity contribution in [3.63, 3.8) is 0 Å². The van der Waals surface area contributed by atoms with Crippen molar-refractivity contribution in [2.24, 2.45) is 7.05 Å². The average molecular weight is 428 g/mol. The highest BCUT2D eigenvalue weighted by molar-refractivity contribution is 7.88. The molecular formula is C19H33N5O4S. The van der Waals surface area contributed by atoms with Crippen LogP contribution in [-0.2, 0) is 21.8 Å². The van der Waals surface area contributed by atoms with E-state index in [1.165, 1.54) is 6.26 Å². The summed E-state index contributed by atoms with van der Waals surface area (Å²) in [5.41, 5.74) is 1.40. The van der Waals surface area contributed by atoms with E-state index in [0.29, 0.717) is 37.9 Å². The average Bonchev–Trinajstić information content (AvgIpc) is 3.29. The van der Waals surface area contributed by atoms with Crippen LogP contribution in [-0.4, -0.2) is 103 Å². The van der Waals surface area contributed by atoms with E-state index in [9.17, 15) is 13.2 Å². The van der Waals surface area contributed by atoms with E-state index < -0.39 is 10.0 Å². The number of sulfonamides is 1. The summed E-state index contributed by atoms with van der Waals surface area (Å²) >= 11 is 0. The van der Waals surface area contributed by atoms with Crippen LogP contribution >= 0.6 is 0 Å². The Labute approximate surface area is 173 Å². The molecule has 3 rings (SSSR count). The summed E-state index contributed by atoms with van der Waals surface area (Å²) in [7, 11) is 0.448. The van der Waals surface area contributed by atoms with Crippen LogP contribution < -0.4 is 0 Å². The lowest BCUT2D eigenvalue weighted by atomic mass is 10.0. The molecule has 2 fully saturated rings. The van der Waals surface area contributed by atoms with Gasteiger partial charge in [-0.25, -0.2) is 12.7 Å². The van der Waals surface area contributed by atoms with Gasteiger partial charge in [-0.1, -0.05) is 0 Å². The number of hydrogen-bond donors (Lipinski definition) is 0. The first kappa shape index (κ1) is 22.2. The van der Waals surface area contributed by atoms with Crippen LogP contribution in [0.1, 0.15) is 35.4 Å². The molecule has 0 spiro atoms. The van der Waals surface area contributed by atoms with Crippen molar-refractivity contribution in [3.8, 4) is 0 Å². The lowest BCUT2D eigenvalue weighted by molar-refractivity contribution is 0.0157. The summed E-state index contributed by atoms with van der Waals surface area (Å²) in [5, 5.41) is 4.28. The zero-order valence-corrected chi connectivity index (χ0v) is 18.7. The molecule has 1 amide bonds. The minimum atomic E-state index is -3.18. The molecule has 2 saturated heterocycles. The van der Waals surface area contributed by atoms with Crippen LogP contribution in [0, 0.1) is 6.92 Å². The number of carbonyl (C=O) groups excluding carboxylic acids is 1. The SMILES string of the molecule is Cc1cc(C(=O)N(C)CCN(C2CCOCC2)C2CCN(S(C)(=O)=O)C2)nn1C. The molecule has 0 aromatic carbocycles. The molecular weight excluding hydrogens is 394 g/mol. The largest absolute Gasteiger partial charge is 0.381 e. The molecule has 0 saturated carbocycles. The Kier molecular flexibility index (Phi) is 6.98. The Balaban J connectivity index is 1.66. The van der Waals surface area contributed by atoms with Crippen molar-refractivity contribution in [2.45, 2.75) is 38.3 Å². The summed E-state index contributed by atoms with van der Waals surface area (Å²) in [5.74, 6) is -0.0928. The van der Waals surface area contributed by atoms with Gasteiger partial charge < -0.3 is 9.64 Å². The molecule has 10 heteroatoms. The van der Waals surface area contributed by atoms with Crippen LogP contribution in [0.25, 0.3) is 0 Å². The number of carbonyl (C=O) groups is 1. The number of hydrogen-bond acceptors (Lipinski definition) is 6. The molecule has 0 radical (unpaired) electrons. The summed E-state index contributed by atoms with van der Waals surface area (Å²) in [6, 6.07) is 2.33. The molecule has 1 aromatic heterocycles. The van der Waals surface area contributed by atoms with Crippen LogP contribution in [0.4, 0.5) is 0 Å². The number of likely N-dealkylation sites (N-methyl/N-ethyl adjacent to an activating group) is 1. The van der Waals surface area contributed by atoms with Gasteiger partial charge in [0.15, 0.2) is 5.69 Å². The Hall–Kier alpha value is -1.49. The van der Waals surface area contributed by atoms with Gasteiger partial charge in [0.05, 0.1) is 6.26 Å². The third-order valence-electron chi connectivity index (χ3n) is 6.10. The van der Waals surface area contributed by atoms with Gasteiger partial charge in [0.1, 0.15) is 0 Å². The summed E-state index contributed by atoms with van der Waals surface area (Å²) in [6.45, 7) is 5.74. The molecule has 164 valence electrons. The second-order valence-corrected chi connectivity index (χ2v) is 10.1. The number of nitrogens with zero attached hydrogens (tertiary/aromatic N) is 5. The number of rotatable bonds is 7. The highest BCUT2D eigenvalue weighted by Gasteiger charge is 2.36. The van der Waals surface area contributed by atoms with Gasteiger partial charge in [0, 0.05) is 71.3 Å². The van der Waals surface area contributed by atoms with Gasteiger partial charge in [-0.2, -0.15) is 5.10 Å². The molecule has 3 heterocycles. The standard InChI is InChI=1S/C19H33N5O4S/c1-15-13-18(20-22(15)3)19(25)21(2)9-10-24(16-6-11-28-12-7-16)17-5-8-23(14-17)29(4,26)27/h13,16-17H,5-12,14H2,1-4H3. The van der Waals surface area contributed by atoms with Gasteiger partial charge in [-0.15, -0.1) is 0 Å². The first-order chi connectivity index (χ1) is 13.7. The number of aromatic nitrogens is 2. The zero-order chi connectivity index (χ0) is 21.2. The first-order valence-corrected chi connectivity index (χ1v) is 12.1. The number of aryl methyl sites for hydroxylation is 2. The van der Waals surface area contributed by atoms with Crippen LogP contribution in [0.3, 0.4) is 0 Å². The van der Waals surface area contributed by atoms with Crippen molar-refractivity contribution in [2.75, 3.05) is 52.7 Å². The lowest BCUT2D eigenvalue weighted by Crippen LogP contribution is -2.50. The first-order valence-electron chi connectivity index (χ1n) is 10.2. The van der Waals surface area contributed by atoms with E-state index in [1.807, 2.05) is 14.0 Å². The monoisotopic (exact) mass is 427 g/mol. The molecule has 1 atom stereocenters. The van der Waals surface area contributed by atoms with Crippen LogP contribution in [0.2, 0.25) is 0 Å². The highest BCUT2D eigenvalue weighted by Crippen LogP contribution is 2.24. The Morgan fingerprint density at radius 2 is 1.93 bits per heavy atom. The molecule has 2 aliphatic rings. The Morgan fingerprint density at radius 3 is 2.48 bits per heavy atom. The fourth-order valence-electron chi connectivity index (χ4n) is 4.19. The molecule has 0 aliphatic carbocycles. The molecule has 0 N–H and O–H groups in total. The Morgan fingerprint density at radius 1 is 1.24 bits per heavy atom. The topological polar surface area (TPSA) is 88.0 Å². The molecule has 1 unspecified atom stereocenters. The highest BCUT2D eigenvalue weighted by atomic mass is 32.2. The maximum absolute atomic E-state index is 12.7. The van der Waals surface area contributed by atoms with E-state index in [-0.39, 0.29) is 11.9 Å². The van der Waals surface area contributed by atoms with E-state index >= 15 is 0 Å². The minimum absolute atomic E-state index is 0.0928. The van der Waals surface area contributed by atoms with Gasteiger partial charge in [-0.3, -0.25) is 14.4 Å². The summed E-state index contributed by atoms with van der Waals surface area (Å²) in [4.78, 5) is 16.8. The molecule has 9 nitrogen and oxygen atoms in total. The predicted octanol–water partition coefficient (Wildman–Crippen LogP) is 0.315. The van der Waals surface area contributed by atoms with Crippen LogP contribution in [0.5, 0.6) is 0 Å². The van der Waals surface area contributed by atoms with Gasteiger partial charge in [0.25, 0.3) is 5.91 Å². The van der Waals surface area contributed by atoms with Crippen LogP contribution in [0.15, 0.2) is 6.07 Å². The third-order valence-corrected chi connectivity index (χ3v) is 7.37. The van der Waals surface area contributed by atoms with E-state index in [1.54, 1.807) is 27.0 Å². The van der Waals surface area contributed by atoms with Crippen molar-refractivity contribution in [3.05, 3.63) is 17.5 Å². The van der Waals surface area contributed by atoms with Crippen molar-refractivity contribution in [1.82, 2.24) is 23.9 Å². The van der Waals surface area contributed by atoms with E-state index in [2.05, 4.69) is 10.00 Å². The lowest BCUT2D eigenvalue weighted by Gasteiger charge is -2.39. The Bertz CT molecular complexity index is 799. The zero-order valence-electron chi connectivity index (χ0n) is 17.9. The van der Waals surface area contributed by atoms with Crippen molar-refractivity contribution in [1.29, 1.82) is 0 Å². The fraction of sp³-hybridized carbons (Fsp3) is 0.789. The maximum atomic E-state index is 12.7. The quantitative estimate of drug-likeness (QED) is 0.623. The van der Waals surface area contributed by atoms with Crippen molar-refractivity contribution < 1.29 is 17.9 Å². The molecule has 29 heavy (non-hydrogen) atoms. The van der Waals surface area contributed by atoms with Gasteiger partial charge >= 0.3 is 0 Å². The molecule has 0 bridgehead atoms. The fourth-order valence-corrected chi connectivity index (χ4v) is 5.07. The van der Waals surface area contributed by atoms with E-state index in [4.69, 9.17) is 4.74 Å². The molecule has 2 aliphatic heterocycles. The van der Waals surface area contributed by atoms with Gasteiger partial charge in [0.2, 0.25) is 10.0 Å². The smallest absolute Gasteiger partial charge is 0.274 e. The minimum Gasteiger partial charge on any atom is -0.381 e. The number of amides is 1. The predicted molar refractivity (Wildman–Crippen MR) is 110 cm³/mol. The maximum Gasteiger partial charge on any atom is 0.274 e. The number of ether oxygens (including phenoxy) is 1. The second-order valence-electron chi connectivity index (χ2n) is 8.17. The van der Waals surface area contributed by atoms with E-state index in [0.717, 1.165) is 38.2 Å². The normalized spacial score (nSPS) is 21.8. The summed E-state index contributed by atoms with van der Waals surface area (Å²) in [6.07, 6.45) is 3.97. The molecule has 1 aromatic rings. The second kappa shape index (κ2) is 9.11. The van der Waals surface area contributed by atoms with Crippen molar-refractivity contribution >= 4 is 15.9 Å². The summed E-state index contributed by atoms with van der Waals surface area (Å²) < 4.78 is 32.7. The third kappa shape index (κ3) is 5.36. The van der Waals surface area contributed by atoms with Gasteiger partial charge in [-0.05, 0) is 32.3 Å².